The summed E-state index contributed by atoms with van der Waals surface area (Å²) >= 11 is 0. The lowest BCUT2D eigenvalue weighted by atomic mass is 9.97. The van der Waals surface area contributed by atoms with E-state index in [1.807, 2.05) is 18.2 Å². The number of hydrogen-bond donors (Lipinski definition) is 1. The highest BCUT2D eigenvalue weighted by molar-refractivity contribution is 5.93. The molecule has 1 amide bonds. The van der Waals surface area contributed by atoms with Crippen molar-refractivity contribution in [2.24, 2.45) is 5.92 Å². The van der Waals surface area contributed by atoms with Crippen LogP contribution in [0.3, 0.4) is 0 Å². The number of hydrogen-bond acceptors (Lipinski definition) is 1. The van der Waals surface area contributed by atoms with Gasteiger partial charge < -0.3 is 5.32 Å². The van der Waals surface area contributed by atoms with Gasteiger partial charge in [-0.15, -0.1) is 0 Å². The lowest BCUT2D eigenvalue weighted by Gasteiger charge is -2.16. The molecule has 1 rings (SSSR count). The molecule has 1 N–H and O–H groups in total. The highest BCUT2D eigenvalue weighted by atomic mass is 16.1. The number of aryl methyl sites for hydroxylation is 1. The molecule has 1 aromatic carbocycles. The lowest BCUT2D eigenvalue weighted by molar-refractivity contribution is -0.120. The van der Waals surface area contributed by atoms with Gasteiger partial charge in [-0.3, -0.25) is 4.79 Å². The van der Waals surface area contributed by atoms with Crippen molar-refractivity contribution in [1.82, 2.24) is 0 Å². The van der Waals surface area contributed by atoms with Gasteiger partial charge in [-0.1, -0.05) is 57.0 Å². The molecular weight excluding hydrogens is 270 g/mol. The molecule has 2 nitrogen and oxygen atoms in total. The van der Waals surface area contributed by atoms with E-state index in [2.05, 4.69) is 44.3 Å². The maximum atomic E-state index is 12.5. The van der Waals surface area contributed by atoms with Gasteiger partial charge in [0.2, 0.25) is 5.91 Å². The first-order valence-electron chi connectivity index (χ1n) is 8.72. The molecule has 1 unspecified atom stereocenters. The summed E-state index contributed by atoms with van der Waals surface area (Å²) in [5, 5.41) is 3.15. The van der Waals surface area contributed by atoms with E-state index in [0.29, 0.717) is 0 Å². The van der Waals surface area contributed by atoms with Gasteiger partial charge in [0.25, 0.3) is 0 Å². The van der Waals surface area contributed by atoms with Crippen molar-refractivity contribution in [2.45, 2.75) is 65.7 Å². The van der Waals surface area contributed by atoms with Gasteiger partial charge in [-0.2, -0.15) is 0 Å². The van der Waals surface area contributed by atoms with Crippen molar-refractivity contribution < 1.29 is 4.79 Å². The highest BCUT2D eigenvalue weighted by Gasteiger charge is 2.16. The van der Waals surface area contributed by atoms with E-state index < -0.39 is 0 Å². The predicted octanol–water partition coefficient (Wildman–Crippen LogP) is 5.74. The van der Waals surface area contributed by atoms with Gasteiger partial charge in [0.15, 0.2) is 0 Å². The number of allylic oxidation sites excluding steroid dienone is 2. The second-order valence-corrected chi connectivity index (χ2v) is 5.86. The summed E-state index contributed by atoms with van der Waals surface area (Å²) in [5.74, 6) is 0.303. The van der Waals surface area contributed by atoms with Crippen molar-refractivity contribution in [2.75, 3.05) is 5.32 Å². The SMILES string of the molecule is CC=CCCCCC(CC)C(=O)Nc1ccccc1CCC. The molecule has 0 bridgehead atoms. The smallest absolute Gasteiger partial charge is 0.227 e. The molecule has 0 radical (unpaired) electrons. The van der Waals surface area contributed by atoms with Crippen LogP contribution in [0, 0.1) is 5.92 Å². The van der Waals surface area contributed by atoms with Crippen LogP contribution in [0.1, 0.15) is 64.9 Å². The second kappa shape index (κ2) is 11.1. The summed E-state index contributed by atoms with van der Waals surface area (Å²) in [5.41, 5.74) is 2.23. The van der Waals surface area contributed by atoms with Gasteiger partial charge in [0.05, 0.1) is 0 Å². The van der Waals surface area contributed by atoms with Gasteiger partial charge in [-0.25, -0.2) is 0 Å². The number of para-hydroxylation sites is 1. The van der Waals surface area contributed by atoms with Crippen molar-refractivity contribution in [3.63, 3.8) is 0 Å². The van der Waals surface area contributed by atoms with E-state index in [1.54, 1.807) is 0 Å². The van der Waals surface area contributed by atoms with Crippen molar-refractivity contribution in [3.8, 4) is 0 Å². The summed E-state index contributed by atoms with van der Waals surface area (Å²) in [6.07, 6.45) is 11.7. The van der Waals surface area contributed by atoms with Crippen LogP contribution in [0.5, 0.6) is 0 Å². The maximum Gasteiger partial charge on any atom is 0.227 e. The van der Waals surface area contributed by atoms with Crippen LogP contribution in [0.4, 0.5) is 5.69 Å². The fraction of sp³-hybridized carbons (Fsp3) is 0.550. The second-order valence-electron chi connectivity index (χ2n) is 5.86. The summed E-state index contributed by atoms with van der Waals surface area (Å²) < 4.78 is 0. The summed E-state index contributed by atoms with van der Waals surface area (Å²) in [7, 11) is 0. The number of amides is 1. The Hall–Kier alpha value is -1.57. The zero-order valence-corrected chi connectivity index (χ0v) is 14.4. The molecule has 0 aliphatic carbocycles. The minimum atomic E-state index is 0.125. The Labute approximate surface area is 136 Å². The molecule has 0 spiro atoms. The molecule has 0 saturated heterocycles. The minimum Gasteiger partial charge on any atom is -0.326 e. The van der Waals surface area contributed by atoms with Crippen molar-refractivity contribution in [1.29, 1.82) is 0 Å². The van der Waals surface area contributed by atoms with Crippen LogP contribution in [0.25, 0.3) is 0 Å². The summed E-state index contributed by atoms with van der Waals surface area (Å²) in [4.78, 5) is 12.5. The molecular formula is C20H31NO. The molecule has 0 aromatic heterocycles. The first kappa shape index (κ1) is 18.5. The van der Waals surface area contributed by atoms with E-state index in [4.69, 9.17) is 0 Å². The normalized spacial score (nSPS) is 12.5. The molecule has 22 heavy (non-hydrogen) atoms. The Bertz CT molecular complexity index is 465. The number of nitrogens with one attached hydrogen (secondary N) is 1. The molecule has 1 aromatic rings. The third-order valence-electron chi connectivity index (χ3n) is 4.07. The Balaban J connectivity index is 2.54. The topological polar surface area (TPSA) is 29.1 Å². The van der Waals surface area contributed by atoms with Crippen molar-refractivity contribution >= 4 is 11.6 Å². The largest absolute Gasteiger partial charge is 0.326 e. The summed E-state index contributed by atoms with van der Waals surface area (Å²) in [6, 6.07) is 8.16. The number of carbonyl (C=O) groups is 1. The molecule has 0 aliphatic rings. The third kappa shape index (κ3) is 6.46. The zero-order valence-electron chi connectivity index (χ0n) is 14.4. The number of benzene rings is 1. The Kier molecular flexibility index (Phi) is 9.29. The number of unbranched alkanes of at least 4 members (excludes halogenated alkanes) is 2. The van der Waals surface area contributed by atoms with Crippen LogP contribution >= 0.6 is 0 Å². The Morgan fingerprint density at radius 2 is 2.00 bits per heavy atom. The van der Waals surface area contributed by atoms with Crippen molar-refractivity contribution in [3.05, 3.63) is 42.0 Å². The standard InChI is InChI=1S/C20H31NO/c1-4-7-8-9-10-14-17(6-3)20(22)21-19-16-12-11-15-18(19)13-5-2/h4,7,11-12,15-17H,5-6,8-10,13-14H2,1-3H3,(H,21,22). The quantitative estimate of drug-likeness (QED) is 0.433. The van der Waals surface area contributed by atoms with Crippen LogP contribution in [0.2, 0.25) is 0 Å². The minimum absolute atomic E-state index is 0.125. The number of carbonyl (C=O) groups excluding carboxylic acids is 1. The van der Waals surface area contributed by atoms with E-state index in [1.165, 1.54) is 12.0 Å². The fourth-order valence-electron chi connectivity index (χ4n) is 2.70. The van der Waals surface area contributed by atoms with E-state index in [0.717, 1.165) is 44.2 Å². The molecule has 2 heteroatoms. The molecule has 0 saturated carbocycles. The van der Waals surface area contributed by atoms with Gasteiger partial charge in [0, 0.05) is 11.6 Å². The average Bonchev–Trinajstić information content (AvgIpc) is 2.53. The van der Waals surface area contributed by atoms with Crippen LogP contribution in [-0.4, -0.2) is 5.91 Å². The van der Waals surface area contributed by atoms with E-state index >= 15 is 0 Å². The number of rotatable bonds is 10. The Morgan fingerprint density at radius 3 is 2.68 bits per heavy atom. The zero-order chi connectivity index (χ0) is 16.2. The Morgan fingerprint density at radius 1 is 1.23 bits per heavy atom. The molecule has 0 aliphatic heterocycles. The monoisotopic (exact) mass is 301 g/mol. The summed E-state index contributed by atoms with van der Waals surface area (Å²) in [6.45, 7) is 6.32. The highest BCUT2D eigenvalue weighted by Crippen LogP contribution is 2.20. The molecule has 0 heterocycles. The maximum absolute atomic E-state index is 12.5. The van der Waals surface area contributed by atoms with Crippen LogP contribution < -0.4 is 5.32 Å². The predicted molar refractivity (Wildman–Crippen MR) is 96.1 cm³/mol. The third-order valence-corrected chi connectivity index (χ3v) is 4.07. The average molecular weight is 301 g/mol. The lowest BCUT2D eigenvalue weighted by Crippen LogP contribution is -2.23. The van der Waals surface area contributed by atoms with Gasteiger partial charge in [-0.05, 0) is 50.7 Å². The molecule has 1 atom stereocenters. The fourth-order valence-corrected chi connectivity index (χ4v) is 2.70. The number of anilines is 1. The first-order valence-corrected chi connectivity index (χ1v) is 8.72. The van der Waals surface area contributed by atoms with Gasteiger partial charge in [0.1, 0.15) is 0 Å². The van der Waals surface area contributed by atoms with Crippen LogP contribution in [0.15, 0.2) is 36.4 Å². The van der Waals surface area contributed by atoms with E-state index in [-0.39, 0.29) is 11.8 Å². The van der Waals surface area contributed by atoms with Crippen LogP contribution in [-0.2, 0) is 11.2 Å². The molecule has 0 fully saturated rings. The van der Waals surface area contributed by atoms with E-state index in [9.17, 15) is 4.79 Å². The first-order chi connectivity index (χ1) is 10.7. The van der Waals surface area contributed by atoms with Gasteiger partial charge >= 0.3 is 0 Å². The molecule has 122 valence electrons.